The van der Waals surface area contributed by atoms with Crippen LogP contribution in [-0.4, -0.2) is 0 Å². The van der Waals surface area contributed by atoms with Gasteiger partial charge in [0.2, 0.25) is 0 Å². The molecule has 0 atom stereocenters. The Labute approximate surface area is 119 Å². The van der Waals surface area contributed by atoms with Crippen LogP contribution in [-0.2, 0) is 13.0 Å². The van der Waals surface area contributed by atoms with Crippen LogP contribution in [0.4, 0.5) is 8.78 Å². The summed E-state index contributed by atoms with van der Waals surface area (Å²) in [7, 11) is 0. The summed E-state index contributed by atoms with van der Waals surface area (Å²) in [5.74, 6) is -0.529. The van der Waals surface area contributed by atoms with E-state index in [1.54, 1.807) is 6.07 Å². The molecule has 2 aromatic carbocycles. The van der Waals surface area contributed by atoms with Crippen molar-refractivity contribution >= 4 is 15.9 Å². The lowest BCUT2D eigenvalue weighted by atomic mass is 10.1. The Balaban J connectivity index is 2.19. The average Bonchev–Trinajstić information content (AvgIpc) is 2.39. The van der Waals surface area contributed by atoms with Crippen LogP contribution >= 0.6 is 15.9 Å². The van der Waals surface area contributed by atoms with E-state index < -0.39 is 11.6 Å². The summed E-state index contributed by atoms with van der Waals surface area (Å²) in [5.41, 5.74) is 0.943. The summed E-state index contributed by atoms with van der Waals surface area (Å²) in [4.78, 5) is 0. The molecule has 19 heavy (non-hydrogen) atoms. The van der Waals surface area contributed by atoms with Gasteiger partial charge in [0.05, 0.1) is 5.56 Å². The third-order valence-electron chi connectivity index (χ3n) is 2.84. The molecule has 0 radical (unpaired) electrons. The van der Waals surface area contributed by atoms with E-state index in [0.717, 1.165) is 16.5 Å². The summed E-state index contributed by atoms with van der Waals surface area (Å²) in [6, 6.07) is 9.36. The molecule has 0 N–H and O–H groups in total. The molecule has 0 aliphatic rings. The quantitative estimate of drug-likeness (QED) is 0.778. The Kier molecular flexibility index (Phi) is 4.53. The van der Waals surface area contributed by atoms with Crippen LogP contribution in [0.2, 0.25) is 0 Å². The van der Waals surface area contributed by atoms with E-state index in [2.05, 4.69) is 15.9 Å². The normalized spacial score (nSPS) is 10.5. The first-order valence-corrected chi connectivity index (χ1v) is 6.75. The van der Waals surface area contributed by atoms with E-state index in [-0.39, 0.29) is 12.2 Å². The van der Waals surface area contributed by atoms with Gasteiger partial charge < -0.3 is 4.74 Å². The zero-order valence-electron chi connectivity index (χ0n) is 10.4. The Morgan fingerprint density at radius 1 is 1.11 bits per heavy atom. The van der Waals surface area contributed by atoms with Crippen molar-refractivity contribution in [3.05, 3.63) is 63.6 Å². The third-order valence-corrected chi connectivity index (χ3v) is 3.33. The number of benzene rings is 2. The molecule has 0 amide bonds. The monoisotopic (exact) mass is 326 g/mol. The molecule has 1 nitrogen and oxygen atoms in total. The van der Waals surface area contributed by atoms with Crippen molar-refractivity contribution in [3.8, 4) is 5.75 Å². The second kappa shape index (κ2) is 6.15. The number of halogens is 3. The second-order valence-electron chi connectivity index (χ2n) is 4.09. The third kappa shape index (κ3) is 3.32. The highest BCUT2D eigenvalue weighted by molar-refractivity contribution is 9.10. The lowest BCUT2D eigenvalue weighted by Crippen LogP contribution is -2.03. The fraction of sp³-hybridized carbons (Fsp3) is 0.200. The molecule has 0 saturated heterocycles. The van der Waals surface area contributed by atoms with Crippen molar-refractivity contribution in [1.29, 1.82) is 0 Å². The molecule has 0 saturated carbocycles. The number of aryl methyl sites for hydroxylation is 1. The maximum Gasteiger partial charge on any atom is 0.132 e. The number of hydrogen-bond donors (Lipinski definition) is 0. The van der Waals surface area contributed by atoms with E-state index >= 15 is 0 Å². The molecule has 0 fully saturated rings. The van der Waals surface area contributed by atoms with Crippen LogP contribution < -0.4 is 4.74 Å². The maximum atomic E-state index is 13.5. The summed E-state index contributed by atoms with van der Waals surface area (Å²) < 4.78 is 33.4. The summed E-state index contributed by atoms with van der Waals surface area (Å²) in [6.45, 7) is 1.88. The van der Waals surface area contributed by atoms with E-state index in [1.165, 1.54) is 18.2 Å². The molecule has 0 bridgehead atoms. The van der Waals surface area contributed by atoms with Gasteiger partial charge in [-0.05, 0) is 42.3 Å². The van der Waals surface area contributed by atoms with Crippen LogP contribution in [0, 0.1) is 11.6 Å². The van der Waals surface area contributed by atoms with Gasteiger partial charge in [-0.25, -0.2) is 8.78 Å². The number of rotatable bonds is 4. The Bertz CT molecular complexity index is 564. The van der Waals surface area contributed by atoms with E-state index in [0.29, 0.717) is 5.75 Å². The zero-order valence-corrected chi connectivity index (χ0v) is 12.0. The van der Waals surface area contributed by atoms with Crippen molar-refractivity contribution in [3.63, 3.8) is 0 Å². The number of ether oxygens (including phenoxy) is 1. The number of hydrogen-bond acceptors (Lipinski definition) is 1. The minimum Gasteiger partial charge on any atom is -0.488 e. The molecule has 0 unspecified atom stereocenters. The average molecular weight is 327 g/mol. The van der Waals surface area contributed by atoms with Gasteiger partial charge in [0, 0.05) is 4.47 Å². The lowest BCUT2D eigenvalue weighted by molar-refractivity contribution is 0.290. The highest BCUT2D eigenvalue weighted by atomic mass is 79.9. The molecule has 0 aliphatic carbocycles. The van der Waals surface area contributed by atoms with Crippen LogP contribution in [0.25, 0.3) is 0 Å². The zero-order chi connectivity index (χ0) is 13.8. The lowest BCUT2D eigenvalue weighted by Gasteiger charge is -2.12. The van der Waals surface area contributed by atoms with Crippen molar-refractivity contribution in [2.75, 3.05) is 0 Å². The highest BCUT2D eigenvalue weighted by Crippen LogP contribution is 2.25. The predicted molar refractivity (Wildman–Crippen MR) is 74.2 cm³/mol. The Morgan fingerprint density at radius 3 is 2.42 bits per heavy atom. The fourth-order valence-corrected chi connectivity index (χ4v) is 2.19. The van der Waals surface area contributed by atoms with Gasteiger partial charge in [-0.3, -0.25) is 0 Å². The molecule has 0 spiro atoms. The van der Waals surface area contributed by atoms with Gasteiger partial charge in [-0.2, -0.15) is 0 Å². The minimum atomic E-state index is -0.588. The van der Waals surface area contributed by atoms with Crippen LogP contribution in [0.5, 0.6) is 5.75 Å². The summed E-state index contributed by atoms with van der Waals surface area (Å²) in [6.07, 6.45) is 0.786. The van der Waals surface area contributed by atoms with Gasteiger partial charge in [0.25, 0.3) is 0 Å². The van der Waals surface area contributed by atoms with Gasteiger partial charge in [-0.1, -0.05) is 28.9 Å². The van der Waals surface area contributed by atoms with Gasteiger partial charge in [0.15, 0.2) is 0 Å². The van der Waals surface area contributed by atoms with E-state index in [9.17, 15) is 8.78 Å². The van der Waals surface area contributed by atoms with Crippen LogP contribution in [0.15, 0.2) is 40.9 Å². The SMILES string of the molecule is CCc1cc(Br)ccc1OCc1c(F)cccc1F. The molecule has 2 aromatic rings. The first kappa shape index (κ1) is 14.0. The molecule has 0 aliphatic heterocycles. The molecule has 0 aromatic heterocycles. The summed E-state index contributed by atoms with van der Waals surface area (Å²) in [5, 5.41) is 0. The van der Waals surface area contributed by atoms with Crippen molar-refractivity contribution in [2.24, 2.45) is 0 Å². The summed E-state index contributed by atoms with van der Waals surface area (Å²) >= 11 is 3.38. The Morgan fingerprint density at radius 2 is 1.79 bits per heavy atom. The Hall–Kier alpha value is -1.42. The highest BCUT2D eigenvalue weighted by Gasteiger charge is 2.10. The maximum absolute atomic E-state index is 13.5. The van der Waals surface area contributed by atoms with Gasteiger partial charge in [0.1, 0.15) is 24.0 Å². The smallest absolute Gasteiger partial charge is 0.132 e. The van der Waals surface area contributed by atoms with Crippen molar-refractivity contribution < 1.29 is 13.5 Å². The van der Waals surface area contributed by atoms with E-state index in [4.69, 9.17) is 4.74 Å². The van der Waals surface area contributed by atoms with Crippen molar-refractivity contribution in [2.45, 2.75) is 20.0 Å². The second-order valence-corrected chi connectivity index (χ2v) is 5.01. The van der Waals surface area contributed by atoms with Crippen LogP contribution in [0.3, 0.4) is 0 Å². The topological polar surface area (TPSA) is 9.23 Å². The van der Waals surface area contributed by atoms with Crippen LogP contribution in [0.1, 0.15) is 18.1 Å². The first-order chi connectivity index (χ1) is 9.11. The standard InChI is InChI=1S/C15H13BrF2O/c1-2-10-8-11(16)6-7-15(10)19-9-12-13(17)4-3-5-14(12)18/h3-8H,2,9H2,1H3. The van der Waals surface area contributed by atoms with Gasteiger partial charge >= 0.3 is 0 Å². The van der Waals surface area contributed by atoms with Gasteiger partial charge in [-0.15, -0.1) is 0 Å². The van der Waals surface area contributed by atoms with Crippen molar-refractivity contribution in [1.82, 2.24) is 0 Å². The first-order valence-electron chi connectivity index (χ1n) is 5.96. The molecule has 4 heteroatoms. The fourth-order valence-electron chi connectivity index (χ4n) is 1.79. The minimum absolute atomic E-state index is 0.0486. The predicted octanol–water partition coefficient (Wildman–Crippen LogP) is 4.87. The molecule has 0 heterocycles. The molecular formula is C15H13BrF2O. The molecular weight excluding hydrogens is 314 g/mol. The largest absolute Gasteiger partial charge is 0.488 e. The molecule has 100 valence electrons. The van der Waals surface area contributed by atoms with E-state index in [1.807, 2.05) is 19.1 Å². The molecule has 2 rings (SSSR count).